The molecular weight excluding hydrogens is 243 g/mol. The van der Waals surface area contributed by atoms with Crippen molar-refractivity contribution in [3.05, 3.63) is 52.5 Å². The van der Waals surface area contributed by atoms with Crippen molar-refractivity contribution in [2.24, 2.45) is 0 Å². The van der Waals surface area contributed by atoms with E-state index in [4.69, 9.17) is 27.9 Å². The van der Waals surface area contributed by atoms with Gasteiger partial charge in [0.25, 0.3) is 0 Å². The molecule has 0 bridgehead atoms. The summed E-state index contributed by atoms with van der Waals surface area (Å²) < 4.78 is 5.29. The Kier molecular flexibility index (Phi) is 3.37. The summed E-state index contributed by atoms with van der Waals surface area (Å²) in [4.78, 5) is 0. The number of ether oxygens (including phenoxy) is 1. The summed E-state index contributed by atoms with van der Waals surface area (Å²) in [6, 6.07) is 13.1. The highest BCUT2D eigenvalue weighted by atomic mass is 35.5. The van der Waals surface area contributed by atoms with E-state index in [-0.39, 0.29) is 0 Å². The summed E-state index contributed by atoms with van der Waals surface area (Å²) in [7, 11) is 1.64. The average Bonchev–Trinajstić information content (AvgIpc) is 2.32. The minimum Gasteiger partial charge on any atom is -0.496 e. The number of hydrogen-bond acceptors (Lipinski definition) is 1. The molecule has 0 saturated carbocycles. The van der Waals surface area contributed by atoms with Gasteiger partial charge in [0.1, 0.15) is 5.75 Å². The van der Waals surface area contributed by atoms with Gasteiger partial charge in [0.15, 0.2) is 0 Å². The third-order valence-corrected chi connectivity index (χ3v) is 2.89. The molecule has 0 amide bonds. The normalized spacial score (nSPS) is 10.2. The van der Waals surface area contributed by atoms with Crippen LogP contribution in [0.2, 0.25) is 10.0 Å². The fourth-order valence-electron chi connectivity index (χ4n) is 1.57. The van der Waals surface area contributed by atoms with E-state index in [1.54, 1.807) is 19.2 Å². The maximum absolute atomic E-state index is 6.15. The van der Waals surface area contributed by atoms with Crippen molar-refractivity contribution >= 4 is 23.2 Å². The van der Waals surface area contributed by atoms with Crippen LogP contribution in [-0.2, 0) is 0 Å². The van der Waals surface area contributed by atoms with E-state index in [0.717, 1.165) is 16.9 Å². The number of para-hydroxylation sites is 1. The first-order valence-corrected chi connectivity index (χ1v) is 5.56. The van der Waals surface area contributed by atoms with Crippen LogP contribution in [0.4, 0.5) is 0 Å². The largest absolute Gasteiger partial charge is 0.496 e. The highest BCUT2D eigenvalue weighted by Gasteiger charge is 2.08. The Balaban J connectivity index is 2.62. The number of halogens is 2. The van der Waals surface area contributed by atoms with Gasteiger partial charge in [-0.3, -0.25) is 0 Å². The number of hydrogen-bond donors (Lipinski definition) is 0. The Labute approximate surface area is 105 Å². The van der Waals surface area contributed by atoms with Crippen molar-refractivity contribution in [1.29, 1.82) is 0 Å². The molecule has 82 valence electrons. The van der Waals surface area contributed by atoms with E-state index in [0.29, 0.717) is 10.0 Å². The van der Waals surface area contributed by atoms with Crippen molar-refractivity contribution in [3.8, 4) is 16.9 Å². The van der Waals surface area contributed by atoms with E-state index < -0.39 is 0 Å². The molecule has 0 heterocycles. The van der Waals surface area contributed by atoms with Crippen LogP contribution in [0.1, 0.15) is 0 Å². The van der Waals surface area contributed by atoms with Gasteiger partial charge in [-0.2, -0.15) is 0 Å². The molecule has 0 N–H and O–H groups in total. The van der Waals surface area contributed by atoms with Gasteiger partial charge in [-0.1, -0.05) is 41.4 Å². The highest BCUT2D eigenvalue weighted by molar-refractivity contribution is 6.35. The van der Waals surface area contributed by atoms with Crippen molar-refractivity contribution < 1.29 is 4.74 Å². The smallest absolute Gasteiger partial charge is 0.126 e. The molecule has 3 heteroatoms. The van der Waals surface area contributed by atoms with Crippen LogP contribution >= 0.6 is 23.2 Å². The third kappa shape index (κ3) is 2.16. The van der Waals surface area contributed by atoms with Crippen molar-refractivity contribution in [1.82, 2.24) is 0 Å². The van der Waals surface area contributed by atoms with Crippen LogP contribution in [0.25, 0.3) is 11.1 Å². The monoisotopic (exact) mass is 252 g/mol. The second-order valence-electron chi connectivity index (χ2n) is 3.32. The zero-order valence-corrected chi connectivity index (χ0v) is 10.2. The van der Waals surface area contributed by atoms with Crippen LogP contribution in [-0.4, -0.2) is 7.11 Å². The Morgan fingerprint density at radius 3 is 2.44 bits per heavy atom. The SMILES string of the molecule is COc1ccccc1-c1cc(Cl)ccc1Cl. The molecule has 2 aromatic carbocycles. The number of benzene rings is 2. The van der Waals surface area contributed by atoms with Crippen molar-refractivity contribution in [2.75, 3.05) is 7.11 Å². The predicted molar refractivity (Wildman–Crippen MR) is 68.5 cm³/mol. The van der Waals surface area contributed by atoms with Gasteiger partial charge in [-0.15, -0.1) is 0 Å². The third-order valence-electron chi connectivity index (χ3n) is 2.33. The second kappa shape index (κ2) is 4.77. The van der Waals surface area contributed by atoms with E-state index in [1.807, 2.05) is 30.3 Å². The number of methoxy groups -OCH3 is 1. The highest BCUT2D eigenvalue weighted by Crippen LogP contribution is 2.35. The van der Waals surface area contributed by atoms with Crippen molar-refractivity contribution in [3.63, 3.8) is 0 Å². The van der Waals surface area contributed by atoms with Crippen LogP contribution in [0.5, 0.6) is 5.75 Å². The average molecular weight is 253 g/mol. The Morgan fingerprint density at radius 1 is 0.938 bits per heavy atom. The molecular formula is C13H10Cl2O. The fourth-order valence-corrected chi connectivity index (χ4v) is 1.96. The Morgan fingerprint density at radius 2 is 1.69 bits per heavy atom. The van der Waals surface area contributed by atoms with Gasteiger partial charge in [-0.05, 0) is 24.3 Å². The molecule has 0 aliphatic rings. The first kappa shape index (κ1) is 11.3. The van der Waals surface area contributed by atoms with Gasteiger partial charge in [0.05, 0.1) is 7.11 Å². The lowest BCUT2D eigenvalue weighted by atomic mass is 10.0. The molecule has 0 aliphatic carbocycles. The van der Waals surface area contributed by atoms with E-state index in [1.165, 1.54) is 0 Å². The van der Waals surface area contributed by atoms with Gasteiger partial charge in [0.2, 0.25) is 0 Å². The standard InChI is InChI=1S/C13H10Cl2O/c1-16-13-5-3-2-4-10(13)11-8-9(14)6-7-12(11)15/h2-8H,1H3. The summed E-state index contributed by atoms with van der Waals surface area (Å²) in [5.74, 6) is 0.784. The van der Waals surface area contributed by atoms with Gasteiger partial charge >= 0.3 is 0 Å². The maximum atomic E-state index is 6.15. The first-order chi connectivity index (χ1) is 7.72. The summed E-state index contributed by atoms with van der Waals surface area (Å²) in [5.41, 5.74) is 1.82. The van der Waals surface area contributed by atoms with E-state index in [2.05, 4.69) is 0 Å². The molecule has 2 aromatic rings. The second-order valence-corrected chi connectivity index (χ2v) is 4.17. The lowest BCUT2D eigenvalue weighted by Crippen LogP contribution is -1.88. The lowest BCUT2D eigenvalue weighted by molar-refractivity contribution is 0.416. The molecule has 16 heavy (non-hydrogen) atoms. The molecule has 0 aromatic heterocycles. The minimum atomic E-state index is 0.658. The first-order valence-electron chi connectivity index (χ1n) is 4.81. The zero-order chi connectivity index (χ0) is 11.5. The van der Waals surface area contributed by atoms with Crippen molar-refractivity contribution in [2.45, 2.75) is 0 Å². The Hall–Kier alpha value is -1.18. The molecule has 0 atom stereocenters. The van der Waals surface area contributed by atoms with E-state index in [9.17, 15) is 0 Å². The van der Waals surface area contributed by atoms with Gasteiger partial charge in [-0.25, -0.2) is 0 Å². The summed E-state index contributed by atoms with van der Waals surface area (Å²) >= 11 is 12.1. The Bertz CT molecular complexity index is 509. The molecule has 1 nitrogen and oxygen atoms in total. The predicted octanol–water partition coefficient (Wildman–Crippen LogP) is 4.67. The molecule has 0 saturated heterocycles. The molecule has 0 radical (unpaired) electrons. The van der Waals surface area contributed by atoms with E-state index >= 15 is 0 Å². The molecule has 0 spiro atoms. The summed E-state index contributed by atoms with van der Waals surface area (Å²) in [6.45, 7) is 0. The lowest BCUT2D eigenvalue weighted by Gasteiger charge is -2.10. The topological polar surface area (TPSA) is 9.23 Å². The zero-order valence-electron chi connectivity index (χ0n) is 8.71. The maximum Gasteiger partial charge on any atom is 0.126 e. The summed E-state index contributed by atoms with van der Waals surface area (Å²) in [5, 5.41) is 1.32. The number of rotatable bonds is 2. The fraction of sp³-hybridized carbons (Fsp3) is 0.0769. The van der Waals surface area contributed by atoms with Crippen LogP contribution < -0.4 is 4.74 Å². The van der Waals surface area contributed by atoms with Crippen LogP contribution in [0, 0.1) is 0 Å². The van der Waals surface area contributed by atoms with Crippen LogP contribution in [0.3, 0.4) is 0 Å². The minimum absolute atomic E-state index is 0.658. The molecule has 2 rings (SSSR count). The summed E-state index contributed by atoms with van der Waals surface area (Å²) in [6.07, 6.45) is 0. The van der Waals surface area contributed by atoms with Gasteiger partial charge < -0.3 is 4.74 Å². The molecule has 0 aliphatic heterocycles. The van der Waals surface area contributed by atoms with Crippen LogP contribution in [0.15, 0.2) is 42.5 Å². The van der Waals surface area contributed by atoms with Gasteiger partial charge in [0, 0.05) is 21.2 Å². The molecule has 0 unspecified atom stereocenters. The quantitative estimate of drug-likeness (QED) is 0.755. The molecule has 0 fully saturated rings.